The molecule has 2 heterocycles. The molecule has 1 aliphatic rings. The van der Waals surface area contributed by atoms with Gasteiger partial charge in [0, 0.05) is 19.3 Å². The zero-order valence-electron chi connectivity index (χ0n) is 8.65. The van der Waals surface area contributed by atoms with E-state index >= 15 is 0 Å². The molecule has 0 saturated carbocycles. The molecule has 1 aromatic heterocycles. The second-order valence-corrected chi connectivity index (χ2v) is 3.97. The third kappa shape index (κ3) is 2.47. The molecule has 0 aromatic carbocycles. The maximum Gasteiger partial charge on any atom is 0.0552 e. The second-order valence-electron chi connectivity index (χ2n) is 3.97. The van der Waals surface area contributed by atoms with Gasteiger partial charge in [0.2, 0.25) is 0 Å². The van der Waals surface area contributed by atoms with E-state index in [4.69, 9.17) is 0 Å². The molecule has 2 rings (SSSR count). The third-order valence-electron chi connectivity index (χ3n) is 2.87. The Bertz CT molecular complexity index is 250. The van der Waals surface area contributed by atoms with Crippen LogP contribution in [0, 0.1) is 0 Å². The predicted octanol–water partition coefficient (Wildman–Crippen LogP) is 2.85. The highest BCUT2D eigenvalue weighted by Gasteiger charge is 2.08. The molecule has 0 aliphatic carbocycles. The molecular formula is C12H18N2. The summed E-state index contributed by atoms with van der Waals surface area (Å²) in [6.45, 7) is 2.40. The quantitative estimate of drug-likeness (QED) is 0.677. The van der Waals surface area contributed by atoms with Gasteiger partial charge in [-0.1, -0.05) is 19.3 Å². The van der Waals surface area contributed by atoms with Crippen LogP contribution in [0.25, 0.3) is 0 Å². The second kappa shape index (κ2) is 4.99. The van der Waals surface area contributed by atoms with E-state index in [2.05, 4.69) is 16.0 Å². The number of rotatable bonds is 1. The first-order chi connectivity index (χ1) is 6.97. The van der Waals surface area contributed by atoms with Crippen LogP contribution in [0.5, 0.6) is 0 Å². The Morgan fingerprint density at radius 2 is 1.71 bits per heavy atom. The fraction of sp³-hybridized carbons (Fsp3) is 0.583. The van der Waals surface area contributed by atoms with Crippen LogP contribution >= 0.6 is 0 Å². The molecule has 0 unspecified atom stereocenters. The summed E-state index contributed by atoms with van der Waals surface area (Å²) in [5.41, 5.74) is 1.29. The molecule has 1 aliphatic heterocycles. The van der Waals surface area contributed by atoms with Crippen molar-refractivity contribution in [2.45, 2.75) is 32.1 Å². The summed E-state index contributed by atoms with van der Waals surface area (Å²) in [7, 11) is 0. The molecule has 76 valence electrons. The van der Waals surface area contributed by atoms with E-state index in [9.17, 15) is 0 Å². The van der Waals surface area contributed by atoms with Crippen molar-refractivity contribution < 1.29 is 0 Å². The summed E-state index contributed by atoms with van der Waals surface area (Å²) < 4.78 is 0. The lowest BCUT2D eigenvalue weighted by Gasteiger charge is -2.26. The third-order valence-corrected chi connectivity index (χ3v) is 2.87. The summed E-state index contributed by atoms with van der Waals surface area (Å²) in [6, 6.07) is 4.18. The SMILES string of the molecule is c1cncc(N2CCCCCCC2)c1. The zero-order valence-corrected chi connectivity index (χ0v) is 8.65. The smallest absolute Gasteiger partial charge is 0.0552 e. The molecule has 1 fully saturated rings. The lowest BCUT2D eigenvalue weighted by molar-refractivity contribution is 0.556. The monoisotopic (exact) mass is 190 g/mol. The Morgan fingerprint density at radius 1 is 1.00 bits per heavy atom. The van der Waals surface area contributed by atoms with Gasteiger partial charge in [0.05, 0.1) is 11.9 Å². The Morgan fingerprint density at radius 3 is 2.36 bits per heavy atom. The van der Waals surface area contributed by atoms with E-state index in [1.54, 1.807) is 0 Å². The van der Waals surface area contributed by atoms with E-state index < -0.39 is 0 Å². The maximum absolute atomic E-state index is 4.17. The van der Waals surface area contributed by atoms with Gasteiger partial charge < -0.3 is 4.90 Å². The lowest BCUT2D eigenvalue weighted by atomic mass is 10.1. The Kier molecular flexibility index (Phi) is 3.39. The first-order valence-electron chi connectivity index (χ1n) is 5.62. The molecule has 0 radical (unpaired) electrons. The van der Waals surface area contributed by atoms with Crippen LogP contribution in [0.3, 0.4) is 0 Å². The highest BCUT2D eigenvalue weighted by molar-refractivity contribution is 5.43. The van der Waals surface area contributed by atoms with E-state index in [-0.39, 0.29) is 0 Å². The van der Waals surface area contributed by atoms with Gasteiger partial charge in [0.15, 0.2) is 0 Å². The summed E-state index contributed by atoms with van der Waals surface area (Å²) in [4.78, 5) is 6.64. The van der Waals surface area contributed by atoms with Gasteiger partial charge in [-0.25, -0.2) is 0 Å². The van der Waals surface area contributed by atoms with Crippen LogP contribution < -0.4 is 4.90 Å². The number of pyridine rings is 1. The van der Waals surface area contributed by atoms with Crippen molar-refractivity contribution in [3.8, 4) is 0 Å². The number of aromatic nitrogens is 1. The van der Waals surface area contributed by atoms with Crippen molar-refractivity contribution in [1.82, 2.24) is 4.98 Å². The molecule has 14 heavy (non-hydrogen) atoms. The van der Waals surface area contributed by atoms with E-state index in [1.165, 1.54) is 50.9 Å². The van der Waals surface area contributed by atoms with Crippen LogP contribution in [0.15, 0.2) is 24.5 Å². The van der Waals surface area contributed by atoms with E-state index in [1.807, 2.05) is 18.5 Å². The largest absolute Gasteiger partial charge is 0.370 e. The minimum absolute atomic E-state index is 1.20. The van der Waals surface area contributed by atoms with Gasteiger partial charge in [0.1, 0.15) is 0 Å². The summed E-state index contributed by atoms with van der Waals surface area (Å²) in [6.07, 6.45) is 10.7. The molecule has 0 N–H and O–H groups in total. The number of nitrogens with zero attached hydrogens (tertiary/aromatic N) is 2. The minimum atomic E-state index is 1.20. The number of hydrogen-bond acceptors (Lipinski definition) is 2. The Labute approximate surface area is 86.0 Å². The molecular weight excluding hydrogens is 172 g/mol. The average molecular weight is 190 g/mol. The van der Waals surface area contributed by atoms with Gasteiger partial charge in [-0.2, -0.15) is 0 Å². The van der Waals surface area contributed by atoms with E-state index in [0.717, 1.165) is 0 Å². The van der Waals surface area contributed by atoms with E-state index in [0.29, 0.717) is 0 Å². The van der Waals surface area contributed by atoms with Crippen molar-refractivity contribution in [3.63, 3.8) is 0 Å². The molecule has 2 heteroatoms. The lowest BCUT2D eigenvalue weighted by Crippen LogP contribution is -2.26. The van der Waals surface area contributed by atoms with Crippen molar-refractivity contribution in [2.24, 2.45) is 0 Å². The Hall–Kier alpha value is -1.05. The van der Waals surface area contributed by atoms with Gasteiger partial charge >= 0.3 is 0 Å². The molecule has 2 nitrogen and oxygen atoms in total. The molecule has 0 bridgehead atoms. The number of anilines is 1. The summed E-state index contributed by atoms with van der Waals surface area (Å²) in [5.74, 6) is 0. The molecule has 0 atom stereocenters. The molecule has 0 spiro atoms. The Balaban J connectivity index is 2.01. The van der Waals surface area contributed by atoms with Gasteiger partial charge in [-0.3, -0.25) is 4.98 Å². The molecule has 1 aromatic rings. The highest BCUT2D eigenvalue weighted by atomic mass is 15.1. The van der Waals surface area contributed by atoms with Crippen molar-refractivity contribution in [1.29, 1.82) is 0 Å². The number of hydrogen-bond donors (Lipinski definition) is 0. The molecule has 1 saturated heterocycles. The fourth-order valence-electron chi connectivity index (χ4n) is 2.05. The van der Waals surface area contributed by atoms with Crippen LogP contribution in [0.1, 0.15) is 32.1 Å². The highest BCUT2D eigenvalue weighted by Crippen LogP contribution is 2.17. The van der Waals surface area contributed by atoms with Crippen molar-refractivity contribution >= 4 is 5.69 Å². The first kappa shape index (κ1) is 9.50. The zero-order chi connectivity index (χ0) is 9.64. The normalized spacial score (nSPS) is 18.7. The average Bonchev–Trinajstić information content (AvgIpc) is 2.18. The van der Waals surface area contributed by atoms with Gasteiger partial charge in [0.25, 0.3) is 0 Å². The minimum Gasteiger partial charge on any atom is -0.370 e. The van der Waals surface area contributed by atoms with Crippen molar-refractivity contribution in [3.05, 3.63) is 24.5 Å². The van der Waals surface area contributed by atoms with Crippen LogP contribution in [-0.4, -0.2) is 18.1 Å². The standard InChI is InChI=1S/C12H18N2/c1-2-4-9-14(10-5-3-1)12-7-6-8-13-11-12/h6-8,11H,1-5,9-10H2. The fourth-order valence-corrected chi connectivity index (χ4v) is 2.05. The van der Waals surface area contributed by atoms with Gasteiger partial charge in [-0.15, -0.1) is 0 Å². The van der Waals surface area contributed by atoms with Crippen LogP contribution in [0.2, 0.25) is 0 Å². The van der Waals surface area contributed by atoms with Crippen molar-refractivity contribution in [2.75, 3.05) is 18.0 Å². The van der Waals surface area contributed by atoms with Crippen LogP contribution in [-0.2, 0) is 0 Å². The summed E-state index contributed by atoms with van der Waals surface area (Å²) in [5, 5.41) is 0. The van der Waals surface area contributed by atoms with Crippen LogP contribution in [0.4, 0.5) is 5.69 Å². The van der Waals surface area contributed by atoms with Gasteiger partial charge in [-0.05, 0) is 25.0 Å². The molecule has 0 amide bonds. The maximum atomic E-state index is 4.17. The first-order valence-corrected chi connectivity index (χ1v) is 5.62. The summed E-state index contributed by atoms with van der Waals surface area (Å²) >= 11 is 0. The predicted molar refractivity (Wildman–Crippen MR) is 59.5 cm³/mol. The topological polar surface area (TPSA) is 16.1 Å².